The summed E-state index contributed by atoms with van der Waals surface area (Å²) in [4.78, 5) is 30.1. The number of hydrogen-bond acceptors (Lipinski definition) is 5. The van der Waals surface area contributed by atoms with E-state index in [0.29, 0.717) is 39.0 Å². The zero-order chi connectivity index (χ0) is 21.4. The summed E-state index contributed by atoms with van der Waals surface area (Å²) in [7, 11) is 0. The second-order valence-corrected chi connectivity index (χ2v) is 7.68. The van der Waals surface area contributed by atoms with Crippen molar-refractivity contribution in [2.45, 2.75) is 39.0 Å². The predicted molar refractivity (Wildman–Crippen MR) is 107 cm³/mol. The number of benzene rings is 1. The van der Waals surface area contributed by atoms with Gasteiger partial charge in [-0.1, -0.05) is 12.8 Å². The minimum Gasteiger partial charge on any atom is -0.458 e. The molecule has 150 valence electrons. The molecule has 3 aromatic rings. The zero-order valence-corrected chi connectivity index (χ0v) is 16.4. The minimum atomic E-state index is -1.90. The van der Waals surface area contributed by atoms with Crippen molar-refractivity contribution < 1.29 is 19.0 Å². The highest BCUT2D eigenvalue weighted by atomic mass is 19.1. The van der Waals surface area contributed by atoms with E-state index in [-0.39, 0.29) is 36.3 Å². The lowest BCUT2D eigenvalue weighted by Gasteiger charge is -2.31. The second kappa shape index (κ2) is 6.00. The van der Waals surface area contributed by atoms with Gasteiger partial charge < -0.3 is 14.4 Å². The number of hydrogen-bond donors (Lipinski definition) is 1. The lowest BCUT2D eigenvalue weighted by Crippen LogP contribution is -2.44. The molecule has 0 radical (unpaired) electrons. The summed E-state index contributed by atoms with van der Waals surface area (Å²) in [6.45, 7) is 3.29. The number of nitrogens with zero attached hydrogens (tertiary/aromatic N) is 2. The first-order valence-electron chi connectivity index (χ1n) is 9.56. The van der Waals surface area contributed by atoms with Gasteiger partial charge in [-0.25, -0.2) is 14.2 Å². The number of aromatic nitrogens is 2. The number of rotatable bonds is 1. The van der Waals surface area contributed by atoms with Crippen LogP contribution >= 0.6 is 0 Å². The molecule has 0 bridgehead atoms. The van der Waals surface area contributed by atoms with Gasteiger partial charge in [0.1, 0.15) is 12.4 Å². The molecule has 0 saturated carbocycles. The number of aliphatic hydroxyl groups is 1. The van der Waals surface area contributed by atoms with Crippen molar-refractivity contribution in [1.29, 1.82) is 0 Å². The fraction of sp³-hybridized carbons (Fsp3) is 0.261. The molecule has 2 aliphatic heterocycles. The Morgan fingerprint density at radius 1 is 1.33 bits per heavy atom. The highest BCUT2D eigenvalue weighted by Crippen LogP contribution is 2.40. The third-order valence-electron chi connectivity index (χ3n) is 6.11. The Labute approximate surface area is 170 Å². The van der Waals surface area contributed by atoms with Crippen LogP contribution in [0.15, 0.2) is 23.0 Å². The smallest absolute Gasteiger partial charge is 0.343 e. The van der Waals surface area contributed by atoms with Crippen molar-refractivity contribution in [3.63, 3.8) is 0 Å². The van der Waals surface area contributed by atoms with Gasteiger partial charge >= 0.3 is 5.97 Å². The second-order valence-electron chi connectivity index (χ2n) is 7.68. The Hall–Kier alpha value is -3.50. The number of fused-ring (bicyclic) bond motifs is 5. The number of terminal acetylenes is 1. The van der Waals surface area contributed by atoms with Gasteiger partial charge in [-0.3, -0.25) is 4.79 Å². The maximum Gasteiger partial charge on any atom is 0.343 e. The third-order valence-corrected chi connectivity index (χ3v) is 6.11. The third kappa shape index (κ3) is 2.20. The number of carbonyl (C=O) groups excluding carboxylic acids is 1. The van der Waals surface area contributed by atoms with Crippen LogP contribution in [0.25, 0.3) is 22.3 Å². The van der Waals surface area contributed by atoms with E-state index >= 15 is 0 Å². The minimum absolute atomic E-state index is 0.0554. The van der Waals surface area contributed by atoms with E-state index in [4.69, 9.17) is 11.2 Å². The van der Waals surface area contributed by atoms with Crippen molar-refractivity contribution in [3.8, 4) is 23.7 Å². The van der Waals surface area contributed by atoms with Gasteiger partial charge in [0.2, 0.25) is 0 Å². The molecule has 0 unspecified atom stereocenters. The topological polar surface area (TPSA) is 81.4 Å². The van der Waals surface area contributed by atoms with Gasteiger partial charge in [0.05, 0.1) is 29.0 Å². The quantitative estimate of drug-likeness (QED) is 0.389. The molecule has 1 aromatic carbocycles. The van der Waals surface area contributed by atoms with E-state index in [0.717, 1.165) is 0 Å². The van der Waals surface area contributed by atoms with Crippen molar-refractivity contribution in [3.05, 3.63) is 62.2 Å². The van der Waals surface area contributed by atoms with Crippen LogP contribution in [0.5, 0.6) is 0 Å². The molecule has 2 aliphatic rings. The maximum absolute atomic E-state index is 14.2. The number of cyclic esters (lactones) is 1. The Bertz CT molecular complexity index is 1400. The molecule has 2 aromatic heterocycles. The molecule has 30 heavy (non-hydrogen) atoms. The Kier molecular flexibility index (Phi) is 3.71. The SMILES string of the molecule is C#Cc1c2c(nc3cc(F)c(C)cc13)-c1cc3c(c(=O)n1C2)COC(=O)[C@]3(O)CC. The molecule has 0 spiro atoms. The van der Waals surface area contributed by atoms with E-state index in [1.54, 1.807) is 26.0 Å². The highest BCUT2D eigenvalue weighted by Gasteiger charge is 2.45. The maximum atomic E-state index is 14.2. The van der Waals surface area contributed by atoms with Gasteiger partial charge in [0.25, 0.3) is 5.56 Å². The van der Waals surface area contributed by atoms with Crippen LogP contribution in [0.2, 0.25) is 0 Å². The van der Waals surface area contributed by atoms with Gasteiger partial charge in [0.15, 0.2) is 5.60 Å². The van der Waals surface area contributed by atoms with Crippen LogP contribution < -0.4 is 5.56 Å². The van der Waals surface area contributed by atoms with Crippen LogP contribution in [-0.2, 0) is 28.3 Å². The standard InChI is InChI=1S/C23H17FN2O4/c1-4-12-13-6-11(3)17(24)8-18(13)25-20-14(12)9-26-19(20)7-16-15(21(26)27)10-30-22(28)23(16,29)5-2/h1,6-8,29H,5,9-10H2,2-3H3/t23-/m0/s1. The predicted octanol–water partition coefficient (Wildman–Crippen LogP) is 2.51. The first kappa shape index (κ1) is 18.5. The zero-order valence-electron chi connectivity index (χ0n) is 16.4. The van der Waals surface area contributed by atoms with E-state index in [1.807, 2.05) is 0 Å². The molecular weight excluding hydrogens is 387 g/mol. The summed E-state index contributed by atoms with van der Waals surface area (Å²) in [6.07, 6.45) is 5.85. The summed E-state index contributed by atoms with van der Waals surface area (Å²) in [5.41, 5.74) is 1.16. The van der Waals surface area contributed by atoms with Crippen molar-refractivity contribution >= 4 is 16.9 Å². The molecule has 7 heteroatoms. The van der Waals surface area contributed by atoms with Gasteiger partial charge in [-0.2, -0.15) is 0 Å². The van der Waals surface area contributed by atoms with E-state index in [1.165, 1.54) is 10.6 Å². The molecule has 1 N–H and O–H groups in total. The normalized spacial score (nSPS) is 19.1. The molecule has 0 fully saturated rings. The average molecular weight is 404 g/mol. The molecule has 4 heterocycles. The number of carbonyl (C=O) groups is 1. The molecule has 0 amide bonds. The fourth-order valence-electron chi connectivity index (χ4n) is 4.37. The largest absolute Gasteiger partial charge is 0.458 e. The summed E-state index contributed by atoms with van der Waals surface area (Å²) in [6, 6.07) is 4.59. The lowest BCUT2D eigenvalue weighted by atomic mass is 9.86. The molecule has 0 aliphatic carbocycles. The van der Waals surface area contributed by atoms with E-state index in [9.17, 15) is 19.1 Å². The fourth-order valence-corrected chi connectivity index (χ4v) is 4.37. The molecule has 1 atom stereocenters. The first-order valence-corrected chi connectivity index (χ1v) is 9.56. The van der Waals surface area contributed by atoms with Crippen LogP contribution in [-0.4, -0.2) is 20.6 Å². The van der Waals surface area contributed by atoms with Crippen LogP contribution in [0.4, 0.5) is 4.39 Å². The molecule has 0 saturated heterocycles. The first-order chi connectivity index (χ1) is 14.3. The average Bonchev–Trinajstić information content (AvgIpc) is 3.09. The number of ether oxygens (including phenoxy) is 1. The summed E-state index contributed by atoms with van der Waals surface area (Å²) in [5, 5.41) is 11.6. The Morgan fingerprint density at radius 2 is 2.10 bits per heavy atom. The Balaban J connectivity index is 1.86. The molecular formula is C23H17FN2O4. The summed E-state index contributed by atoms with van der Waals surface area (Å²) < 4.78 is 20.8. The van der Waals surface area contributed by atoms with Gasteiger partial charge in [-0.05, 0) is 31.0 Å². The van der Waals surface area contributed by atoms with Gasteiger partial charge in [-0.15, -0.1) is 6.42 Å². The Morgan fingerprint density at radius 3 is 2.80 bits per heavy atom. The number of esters is 1. The monoisotopic (exact) mass is 404 g/mol. The molecule has 6 nitrogen and oxygen atoms in total. The lowest BCUT2D eigenvalue weighted by molar-refractivity contribution is -0.172. The number of aryl methyl sites for hydroxylation is 1. The van der Waals surface area contributed by atoms with Crippen molar-refractivity contribution in [2.75, 3.05) is 0 Å². The van der Waals surface area contributed by atoms with Crippen molar-refractivity contribution in [1.82, 2.24) is 9.55 Å². The molecule has 5 rings (SSSR count). The van der Waals surface area contributed by atoms with Crippen LogP contribution in [0.1, 0.15) is 41.2 Å². The number of pyridine rings is 2. The summed E-state index contributed by atoms with van der Waals surface area (Å²) >= 11 is 0. The highest BCUT2D eigenvalue weighted by molar-refractivity contribution is 5.91. The van der Waals surface area contributed by atoms with Gasteiger partial charge in [0, 0.05) is 28.1 Å². The van der Waals surface area contributed by atoms with Crippen molar-refractivity contribution in [2.24, 2.45) is 0 Å². The van der Waals surface area contributed by atoms with E-state index in [2.05, 4.69) is 10.9 Å². The van der Waals surface area contributed by atoms with Crippen LogP contribution in [0.3, 0.4) is 0 Å². The van der Waals surface area contributed by atoms with Crippen LogP contribution in [0, 0.1) is 25.1 Å². The summed E-state index contributed by atoms with van der Waals surface area (Å²) in [5.74, 6) is 1.48. The van der Waals surface area contributed by atoms with E-state index < -0.39 is 17.4 Å². The number of halogens is 1.